The van der Waals surface area contributed by atoms with E-state index in [2.05, 4.69) is 5.32 Å². The van der Waals surface area contributed by atoms with Crippen LogP contribution >= 0.6 is 0 Å². The van der Waals surface area contributed by atoms with E-state index in [1.54, 1.807) is 0 Å². The number of carboxylic acid groups (broad SMARTS) is 1. The van der Waals surface area contributed by atoms with Crippen molar-refractivity contribution in [1.82, 2.24) is 9.88 Å². The molecule has 1 heterocycles. The second-order valence-corrected chi connectivity index (χ2v) is 8.62. The van der Waals surface area contributed by atoms with Crippen molar-refractivity contribution in [2.24, 2.45) is 5.92 Å². The molecule has 1 unspecified atom stereocenters. The zero-order chi connectivity index (χ0) is 22.8. The molecule has 5 rings (SSSR count). The van der Waals surface area contributed by atoms with Gasteiger partial charge in [-0.05, 0) is 42.0 Å². The van der Waals surface area contributed by atoms with Gasteiger partial charge in [0.05, 0.1) is 6.04 Å². The first kappa shape index (κ1) is 21.0. The van der Waals surface area contributed by atoms with E-state index in [1.165, 1.54) is 0 Å². The number of rotatable bonds is 6. The summed E-state index contributed by atoms with van der Waals surface area (Å²) >= 11 is 0. The Morgan fingerprint density at radius 1 is 0.909 bits per heavy atom. The normalized spacial score (nSPS) is 15.4. The van der Waals surface area contributed by atoms with Crippen molar-refractivity contribution in [3.63, 3.8) is 0 Å². The predicted molar refractivity (Wildman–Crippen MR) is 128 cm³/mol. The molecule has 0 saturated heterocycles. The number of carbonyl (C=O) groups is 2. The van der Waals surface area contributed by atoms with Crippen LogP contribution in [0, 0.1) is 5.92 Å². The number of carboxylic acids is 1. The van der Waals surface area contributed by atoms with E-state index in [0.717, 1.165) is 33.3 Å². The Bertz CT molecular complexity index is 1260. The van der Waals surface area contributed by atoms with Crippen LogP contribution in [-0.2, 0) is 29.0 Å². The van der Waals surface area contributed by atoms with Gasteiger partial charge in [0.2, 0.25) is 5.91 Å². The van der Waals surface area contributed by atoms with Crippen LogP contribution in [0.4, 0.5) is 0 Å². The van der Waals surface area contributed by atoms with Crippen molar-refractivity contribution in [3.8, 4) is 0 Å². The van der Waals surface area contributed by atoms with Gasteiger partial charge in [0, 0.05) is 22.5 Å². The molecular formula is C28H26N2O3. The second kappa shape index (κ2) is 8.94. The highest BCUT2D eigenvalue weighted by Crippen LogP contribution is 2.35. The monoisotopic (exact) mass is 438 g/mol. The standard InChI is InChI=1S/C28H26N2O3/c31-26(32)18-30-24-14-8-7-13-22(24)23-17-21(15-16-25(23)30)28(33)29-27(19-9-3-1-4-10-19)20-11-5-2-6-12-20/h1-14,21,27H,15-18H2,(H,29,33)(H,31,32). The first-order valence-electron chi connectivity index (χ1n) is 11.3. The van der Waals surface area contributed by atoms with Crippen LogP contribution in [0.5, 0.6) is 0 Å². The number of carbonyl (C=O) groups excluding carboxylic acids is 1. The summed E-state index contributed by atoms with van der Waals surface area (Å²) < 4.78 is 1.90. The van der Waals surface area contributed by atoms with Crippen LogP contribution < -0.4 is 5.32 Å². The maximum Gasteiger partial charge on any atom is 0.323 e. The second-order valence-electron chi connectivity index (χ2n) is 8.62. The van der Waals surface area contributed by atoms with Crippen LogP contribution in [0.1, 0.15) is 34.8 Å². The van der Waals surface area contributed by atoms with Crippen molar-refractivity contribution >= 4 is 22.8 Å². The number of amides is 1. The molecule has 0 aliphatic heterocycles. The third-order valence-electron chi connectivity index (χ3n) is 6.59. The van der Waals surface area contributed by atoms with Gasteiger partial charge in [-0.1, -0.05) is 78.9 Å². The zero-order valence-electron chi connectivity index (χ0n) is 18.3. The largest absolute Gasteiger partial charge is 0.480 e. The number of aromatic nitrogens is 1. The number of benzene rings is 3. The average molecular weight is 439 g/mol. The lowest BCUT2D eigenvalue weighted by Gasteiger charge is -2.27. The van der Waals surface area contributed by atoms with Crippen molar-refractivity contribution in [3.05, 3.63) is 107 Å². The smallest absolute Gasteiger partial charge is 0.323 e. The number of nitrogens with one attached hydrogen (secondary N) is 1. The van der Waals surface area contributed by atoms with Gasteiger partial charge in [-0.25, -0.2) is 0 Å². The molecule has 0 bridgehead atoms. The van der Waals surface area contributed by atoms with Crippen molar-refractivity contribution in [2.45, 2.75) is 31.8 Å². The summed E-state index contributed by atoms with van der Waals surface area (Å²) in [4.78, 5) is 24.9. The highest BCUT2D eigenvalue weighted by Gasteiger charge is 2.31. The van der Waals surface area contributed by atoms with E-state index in [0.29, 0.717) is 19.3 Å². The average Bonchev–Trinajstić information content (AvgIpc) is 3.16. The quantitative estimate of drug-likeness (QED) is 0.457. The summed E-state index contributed by atoms with van der Waals surface area (Å²) in [7, 11) is 0. The molecule has 1 aliphatic rings. The number of aliphatic carboxylic acids is 1. The molecule has 1 aliphatic carbocycles. The molecule has 1 aromatic heterocycles. The van der Waals surface area contributed by atoms with E-state index in [1.807, 2.05) is 89.5 Å². The zero-order valence-corrected chi connectivity index (χ0v) is 18.3. The van der Waals surface area contributed by atoms with Gasteiger partial charge in [-0.3, -0.25) is 9.59 Å². The number of para-hydroxylation sites is 1. The topological polar surface area (TPSA) is 71.3 Å². The molecule has 3 aromatic carbocycles. The lowest BCUT2D eigenvalue weighted by molar-refractivity contribution is -0.137. The third-order valence-corrected chi connectivity index (χ3v) is 6.59. The lowest BCUT2D eigenvalue weighted by Crippen LogP contribution is -2.37. The Labute approximate surface area is 192 Å². The van der Waals surface area contributed by atoms with Gasteiger partial charge in [0.1, 0.15) is 6.54 Å². The van der Waals surface area contributed by atoms with Gasteiger partial charge in [-0.2, -0.15) is 0 Å². The van der Waals surface area contributed by atoms with Crippen LogP contribution in [0.25, 0.3) is 10.9 Å². The minimum Gasteiger partial charge on any atom is -0.480 e. The van der Waals surface area contributed by atoms with Gasteiger partial charge in [0.25, 0.3) is 0 Å². The van der Waals surface area contributed by atoms with Gasteiger partial charge < -0.3 is 15.0 Å². The minimum atomic E-state index is -0.855. The fourth-order valence-corrected chi connectivity index (χ4v) is 5.05. The van der Waals surface area contributed by atoms with Gasteiger partial charge >= 0.3 is 5.97 Å². The molecule has 166 valence electrons. The molecule has 0 radical (unpaired) electrons. The summed E-state index contributed by atoms with van der Waals surface area (Å²) in [6.07, 6.45) is 2.01. The van der Waals surface area contributed by atoms with Crippen LogP contribution in [0.2, 0.25) is 0 Å². The Hall–Kier alpha value is -3.86. The first-order chi connectivity index (χ1) is 16.1. The van der Waals surface area contributed by atoms with Gasteiger partial charge in [0.15, 0.2) is 0 Å². The van der Waals surface area contributed by atoms with E-state index in [9.17, 15) is 14.7 Å². The maximum atomic E-state index is 13.5. The number of nitrogens with zero attached hydrogens (tertiary/aromatic N) is 1. The van der Waals surface area contributed by atoms with E-state index in [4.69, 9.17) is 0 Å². The minimum absolute atomic E-state index is 0.0356. The van der Waals surface area contributed by atoms with Crippen LogP contribution in [0.3, 0.4) is 0 Å². The van der Waals surface area contributed by atoms with E-state index < -0.39 is 5.97 Å². The molecule has 4 aromatic rings. The summed E-state index contributed by atoms with van der Waals surface area (Å²) in [5.41, 5.74) is 5.18. The summed E-state index contributed by atoms with van der Waals surface area (Å²) in [5, 5.41) is 13.8. The maximum absolute atomic E-state index is 13.5. The SMILES string of the molecule is O=C(O)Cn1c2c(c3ccccc31)CC(C(=O)NC(c1ccccc1)c1ccccc1)CC2. The number of hydrogen-bond donors (Lipinski definition) is 2. The van der Waals surface area contributed by atoms with Crippen molar-refractivity contribution in [1.29, 1.82) is 0 Å². The molecule has 0 fully saturated rings. The number of fused-ring (bicyclic) bond motifs is 3. The molecule has 0 saturated carbocycles. The van der Waals surface area contributed by atoms with E-state index >= 15 is 0 Å². The molecular weight excluding hydrogens is 412 g/mol. The lowest BCUT2D eigenvalue weighted by atomic mass is 9.85. The molecule has 33 heavy (non-hydrogen) atoms. The fourth-order valence-electron chi connectivity index (χ4n) is 5.05. The van der Waals surface area contributed by atoms with Crippen LogP contribution in [0.15, 0.2) is 84.9 Å². The highest BCUT2D eigenvalue weighted by molar-refractivity contribution is 5.89. The molecule has 2 N–H and O–H groups in total. The molecule has 0 spiro atoms. The molecule has 5 nitrogen and oxygen atoms in total. The van der Waals surface area contributed by atoms with Crippen molar-refractivity contribution in [2.75, 3.05) is 0 Å². The Kier molecular flexibility index (Phi) is 5.69. The summed E-state index contributed by atoms with van der Waals surface area (Å²) in [6.45, 7) is -0.0587. The summed E-state index contributed by atoms with van der Waals surface area (Å²) in [6, 6.07) is 27.7. The predicted octanol–water partition coefficient (Wildman–Crippen LogP) is 4.74. The third kappa shape index (κ3) is 4.14. The molecule has 5 heteroatoms. The van der Waals surface area contributed by atoms with Crippen molar-refractivity contribution < 1.29 is 14.7 Å². The van der Waals surface area contributed by atoms with E-state index in [-0.39, 0.29) is 24.4 Å². The van der Waals surface area contributed by atoms with Gasteiger partial charge in [-0.15, -0.1) is 0 Å². The molecule has 1 atom stereocenters. The Balaban J connectivity index is 1.44. The Morgan fingerprint density at radius 3 is 2.15 bits per heavy atom. The highest BCUT2D eigenvalue weighted by atomic mass is 16.4. The summed E-state index contributed by atoms with van der Waals surface area (Å²) in [5.74, 6) is -0.975. The first-order valence-corrected chi connectivity index (χ1v) is 11.3. The number of hydrogen-bond acceptors (Lipinski definition) is 2. The molecule has 1 amide bonds. The van der Waals surface area contributed by atoms with Crippen LogP contribution in [-0.4, -0.2) is 21.6 Å². The Morgan fingerprint density at radius 2 is 1.52 bits per heavy atom. The fraction of sp³-hybridized carbons (Fsp3) is 0.214.